The molecule has 1 atom stereocenters. The summed E-state index contributed by atoms with van der Waals surface area (Å²) in [6, 6.07) is -0.353. The van der Waals surface area contributed by atoms with Crippen LogP contribution in [0.4, 0.5) is 0 Å². The summed E-state index contributed by atoms with van der Waals surface area (Å²) >= 11 is 0. The number of allylic oxidation sites excluding steroid dienone is 1. The summed E-state index contributed by atoms with van der Waals surface area (Å²) in [5.74, 6) is 0.425. The van der Waals surface area contributed by atoms with E-state index in [9.17, 15) is 9.59 Å². The van der Waals surface area contributed by atoms with Gasteiger partial charge in [-0.1, -0.05) is 5.57 Å². The van der Waals surface area contributed by atoms with E-state index in [-0.39, 0.29) is 17.9 Å². The quantitative estimate of drug-likeness (QED) is 0.722. The van der Waals surface area contributed by atoms with Crippen molar-refractivity contribution in [2.45, 2.75) is 45.1 Å². The van der Waals surface area contributed by atoms with E-state index in [1.54, 1.807) is 6.08 Å². The molecule has 2 amide bonds. The number of carbonyl (C=O) groups excluding carboxylic acids is 2. The van der Waals surface area contributed by atoms with Gasteiger partial charge in [-0.2, -0.15) is 0 Å². The van der Waals surface area contributed by atoms with Crippen LogP contribution in [0.25, 0.3) is 0 Å². The van der Waals surface area contributed by atoms with Crippen LogP contribution in [0, 0.1) is 5.92 Å². The minimum Gasteiger partial charge on any atom is -0.354 e. The largest absolute Gasteiger partial charge is 0.354 e. The first-order chi connectivity index (χ1) is 8.16. The second-order valence-corrected chi connectivity index (χ2v) is 5.01. The van der Waals surface area contributed by atoms with Crippen molar-refractivity contribution in [3.05, 3.63) is 11.6 Å². The Bertz CT molecular complexity index is 345. The van der Waals surface area contributed by atoms with Gasteiger partial charge in [0.1, 0.15) is 6.04 Å². The minimum absolute atomic E-state index is 0.0478. The van der Waals surface area contributed by atoms with Crippen molar-refractivity contribution in [1.29, 1.82) is 0 Å². The van der Waals surface area contributed by atoms with Gasteiger partial charge in [0.15, 0.2) is 0 Å². The lowest BCUT2D eigenvalue weighted by molar-refractivity contribution is -0.126. The molecule has 0 radical (unpaired) electrons. The number of amides is 2. The number of carbonyl (C=O) groups is 2. The zero-order valence-electron chi connectivity index (χ0n) is 10.3. The van der Waals surface area contributed by atoms with Gasteiger partial charge >= 0.3 is 0 Å². The first-order valence-electron chi connectivity index (χ1n) is 6.43. The average molecular weight is 236 g/mol. The second-order valence-electron chi connectivity index (χ2n) is 5.01. The lowest BCUT2D eigenvalue weighted by atomic mass is 10.1. The van der Waals surface area contributed by atoms with E-state index < -0.39 is 0 Å². The number of hydrogen-bond donors (Lipinski definition) is 2. The van der Waals surface area contributed by atoms with Crippen molar-refractivity contribution in [2.75, 3.05) is 6.54 Å². The van der Waals surface area contributed by atoms with Gasteiger partial charge in [-0.25, -0.2) is 0 Å². The van der Waals surface area contributed by atoms with Crippen LogP contribution in [-0.4, -0.2) is 24.4 Å². The van der Waals surface area contributed by atoms with E-state index in [1.165, 1.54) is 12.8 Å². The Morgan fingerprint density at radius 1 is 1.35 bits per heavy atom. The molecule has 0 aromatic carbocycles. The Labute approximate surface area is 102 Å². The van der Waals surface area contributed by atoms with Gasteiger partial charge in [-0.05, 0) is 44.9 Å². The van der Waals surface area contributed by atoms with Crippen LogP contribution in [0.15, 0.2) is 11.6 Å². The van der Waals surface area contributed by atoms with Crippen molar-refractivity contribution in [1.82, 2.24) is 10.6 Å². The molecule has 4 heteroatoms. The highest BCUT2D eigenvalue weighted by molar-refractivity contribution is 5.93. The minimum atomic E-state index is -0.353. The molecule has 1 saturated carbocycles. The summed E-state index contributed by atoms with van der Waals surface area (Å²) in [6.45, 7) is 2.71. The first kappa shape index (κ1) is 12.1. The van der Waals surface area contributed by atoms with Crippen LogP contribution >= 0.6 is 0 Å². The molecule has 4 nitrogen and oxygen atoms in total. The van der Waals surface area contributed by atoms with Gasteiger partial charge in [-0.15, -0.1) is 0 Å². The van der Waals surface area contributed by atoms with E-state index >= 15 is 0 Å². The van der Waals surface area contributed by atoms with Gasteiger partial charge in [-0.3, -0.25) is 9.59 Å². The molecule has 2 N–H and O–H groups in total. The highest BCUT2D eigenvalue weighted by atomic mass is 16.2. The molecule has 94 valence electrons. The van der Waals surface area contributed by atoms with Crippen molar-refractivity contribution in [3.63, 3.8) is 0 Å². The lowest BCUT2D eigenvalue weighted by Crippen LogP contribution is -2.45. The highest BCUT2D eigenvalue weighted by Crippen LogP contribution is 2.35. The molecule has 1 heterocycles. The third-order valence-corrected chi connectivity index (χ3v) is 3.43. The van der Waals surface area contributed by atoms with Crippen LogP contribution in [0.1, 0.15) is 39.0 Å². The number of hydrogen-bond acceptors (Lipinski definition) is 2. The predicted molar refractivity (Wildman–Crippen MR) is 65.3 cm³/mol. The Morgan fingerprint density at radius 2 is 2.12 bits per heavy atom. The highest BCUT2D eigenvalue weighted by Gasteiger charge is 2.25. The predicted octanol–water partition coefficient (Wildman–Crippen LogP) is 1.13. The van der Waals surface area contributed by atoms with Crippen LogP contribution in [0.3, 0.4) is 0 Å². The van der Waals surface area contributed by atoms with E-state index in [0.717, 1.165) is 31.4 Å². The van der Waals surface area contributed by atoms with E-state index in [0.29, 0.717) is 5.92 Å². The Balaban J connectivity index is 1.88. The summed E-state index contributed by atoms with van der Waals surface area (Å²) in [6.07, 6.45) is 6.76. The smallest absolute Gasteiger partial charge is 0.244 e. The number of rotatable bonds is 3. The summed E-state index contributed by atoms with van der Waals surface area (Å²) in [5, 5.41) is 5.61. The molecule has 1 aliphatic heterocycles. The van der Waals surface area contributed by atoms with Crippen molar-refractivity contribution < 1.29 is 9.59 Å². The molecular formula is C13H20N2O2. The van der Waals surface area contributed by atoms with E-state index in [1.807, 2.05) is 6.92 Å². The maximum absolute atomic E-state index is 11.7. The topological polar surface area (TPSA) is 58.2 Å². The Morgan fingerprint density at radius 3 is 2.82 bits per heavy atom. The van der Waals surface area contributed by atoms with Crippen molar-refractivity contribution >= 4 is 11.8 Å². The van der Waals surface area contributed by atoms with Gasteiger partial charge in [0, 0.05) is 12.6 Å². The third kappa shape index (κ3) is 3.58. The molecule has 0 aromatic heterocycles. The van der Waals surface area contributed by atoms with Crippen LogP contribution in [-0.2, 0) is 9.59 Å². The summed E-state index contributed by atoms with van der Waals surface area (Å²) in [4.78, 5) is 23.4. The summed E-state index contributed by atoms with van der Waals surface area (Å²) in [7, 11) is 0. The maximum atomic E-state index is 11.7. The second kappa shape index (κ2) is 5.34. The zero-order chi connectivity index (χ0) is 12.3. The van der Waals surface area contributed by atoms with Gasteiger partial charge < -0.3 is 10.6 Å². The molecule has 1 aliphatic carbocycles. The molecule has 2 aliphatic rings. The summed E-state index contributed by atoms with van der Waals surface area (Å²) in [5.41, 5.74) is 1.14. The Kier molecular flexibility index (Phi) is 3.82. The van der Waals surface area contributed by atoms with E-state index in [2.05, 4.69) is 10.6 Å². The molecule has 1 saturated heterocycles. The Hall–Kier alpha value is -1.32. The molecular weight excluding hydrogens is 216 g/mol. The molecule has 0 bridgehead atoms. The van der Waals surface area contributed by atoms with Gasteiger partial charge in [0.2, 0.25) is 11.8 Å². The van der Waals surface area contributed by atoms with Crippen molar-refractivity contribution in [2.24, 2.45) is 5.92 Å². The summed E-state index contributed by atoms with van der Waals surface area (Å²) < 4.78 is 0. The fourth-order valence-corrected chi connectivity index (χ4v) is 2.15. The molecule has 2 rings (SSSR count). The SMILES string of the molecule is C/C(=C/C(=O)N[C@H]1CCCCNC1=O)C1CC1. The first-order valence-corrected chi connectivity index (χ1v) is 6.43. The van der Waals surface area contributed by atoms with Gasteiger partial charge in [0.25, 0.3) is 0 Å². The number of nitrogens with one attached hydrogen (secondary N) is 2. The maximum Gasteiger partial charge on any atom is 0.244 e. The monoisotopic (exact) mass is 236 g/mol. The van der Waals surface area contributed by atoms with E-state index in [4.69, 9.17) is 0 Å². The molecule has 2 fully saturated rings. The normalized spacial score (nSPS) is 26.1. The van der Waals surface area contributed by atoms with Crippen LogP contribution < -0.4 is 10.6 Å². The van der Waals surface area contributed by atoms with Crippen LogP contribution in [0.5, 0.6) is 0 Å². The fourth-order valence-electron chi connectivity index (χ4n) is 2.15. The third-order valence-electron chi connectivity index (χ3n) is 3.43. The molecule has 0 aromatic rings. The lowest BCUT2D eigenvalue weighted by Gasteiger charge is -2.14. The standard InChI is InChI=1S/C13H20N2O2/c1-9(10-5-6-10)8-12(16)15-11-4-2-3-7-14-13(11)17/h8,10-11H,2-7H2,1H3,(H,14,17)(H,15,16)/b9-8-/t11-/m0/s1. The zero-order valence-corrected chi connectivity index (χ0v) is 10.3. The average Bonchev–Trinajstić information content (AvgIpc) is 3.08. The van der Waals surface area contributed by atoms with Crippen molar-refractivity contribution in [3.8, 4) is 0 Å². The molecule has 0 unspecified atom stereocenters. The fraction of sp³-hybridized carbons (Fsp3) is 0.692. The molecule has 17 heavy (non-hydrogen) atoms. The molecule has 0 spiro atoms. The van der Waals surface area contributed by atoms with Crippen LogP contribution in [0.2, 0.25) is 0 Å². The van der Waals surface area contributed by atoms with Gasteiger partial charge in [0.05, 0.1) is 0 Å².